The van der Waals surface area contributed by atoms with E-state index in [-0.39, 0.29) is 40.5 Å². The molecule has 0 bridgehead atoms. The van der Waals surface area contributed by atoms with Gasteiger partial charge in [-0.05, 0) is 109 Å². The zero-order chi connectivity index (χ0) is 42.5. The molecule has 1 saturated carbocycles. The van der Waals surface area contributed by atoms with E-state index >= 15 is 0 Å². The molecule has 11 nitrogen and oxygen atoms in total. The van der Waals surface area contributed by atoms with Crippen molar-refractivity contribution in [2.45, 2.75) is 101 Å². The lowest BCUT2D eigenvalue weighted by Gasteiger charge is -2.39. The molecule has 5 N–H and O–H groups in total. The number of carboxylic acid groups (broad SMARTS) is 1. The molecule has 15 heteroatoms. The largest absolute Gasteiger partial charge is 0.506 e. The number of aromatic amines is 1. The number of nitrogens with zero attached hydrogens (tertiary/aromatic N) is 1. The molecule has 2 aromatic carbocycles. The van der Waals surface area contributed by atoms with Crippen LogP contribution in [0.15, 0.2) is 82.3 Å². The zero-order valence-electron chi connectivity index (χ0n) is 34.5. The summed E-state index contributed by atoms with van der Waals surface area (Å²) in [5.41, 5.74) is 0.927. The summed E-state index contributed by atoms with van der Waals surface area (Å²) in [6, 6.07) is 19.9. The van der Waals surface area contributed by atoms with Crippen LogP contribution in [0.2, 0.25) is 23.2 Å². The van der Waals surface area contributed by atoms with Crippen LogP contribution in [-0.2, 0) is 30.9 Å². The van der Waals surface area contributed by atoms with Crippen LogP contribution in [0, 0.1) is 0 Å². The second kappa shape index (κ2) is 18.8. The number of rotatable bonds is 17. The number of aromatic hydroxyl groups is 1. The average Bonchev–Trinajstić information content (AvgIpc) is 3.93. The number of benzene rings is 2. The van der Waals surface area contributed by atoms with Gasteiger partial charge in [0.05, 0.1) is 38.2 Å². The number of amides is 1. The first kappa shape index (κ1) is 44.7. The average molecular weight is 880 g/mol. The first-order valence-corrected chi connectivity index (χ1v) is 25.0. The Hall–Kier alpha value is -3.86. The lowest BCUT2D eigenvalue weighted by Crippen LogP contribution is -2.44. The van der Waals surface area contributed by atoms with Crippen LogP contribution >= 0.6 is 34.3 Å². The smallest absolute Gasteiger partial charge is 0.347 e. The molecule has 0 radical (unpaired) electrons. The predicted octanol–water partition coefficient (Wildman–Crippen LogP) is 9.48. The number of ether oxygens (including phenoxy) is 1. The van der Waals surface area contributed by atoms with E-state index in [0.717, 1.165) is 42.2 Å². The number of halogens is 1. The number of thiophene rings is 2. The molecular weight excluding hydrogens is 824 g/mol. The van der Waals surface area contributed by atoms with Crippen LogP contribution in [0.5, 0.6) is 5.75 Å². The molecule has 1 aliphatic rings. The number of aliphatic carboxylic acids is 1. The first-order chi connectivity index (χ1) is 28.0. The van der Waals surface area contributed by atoms with Gasteiger partial charge in [0, 0.05) is 43.5 Å². The van der Waals surface area contributed by atoms with E-state index in [1.165, 1.54) is 28.7 Å². The van der Waals surface area contributed by atoms with Gasteiger partial charge >= 0.3 is 5.97 Å². The number of aromatic nitrogens is 1. The fraction of sp³-hybridized carbons (Fsp3) is 0.432. The molecular formula is C44H55ClN4O7S2Si. The number of carboxylic acids is 1. The van der Waals surface area contributed by atoms with Crippen molar-refractivity contribution in [1.29, 1.82) is 0 Å². The Morgan fingerprint density at radius 1 is 1.00 bits per heavy atom. The molecule has 316 valence electrons. The fourth-order valence-corrected chi connectivity index (χ4v) is 10.7. The van der Waals surface area contributed by atoms with Gasteiger partial charge in [0.15, 0.2) is 8.32 Å². The van der Waals surface area contributed by atoms with E-state index in [4.69, 9.17) is 20.8 Å². The van der Waals surface area contributed by atoms with E-state index in [9.17, 15) is 24.6 Å². The second-order valence-electron chi connectivity index (χ2n) is 16.9. The van der Waals surface area contributed by atoms with Crippen molar-refractivity contribution in [2.24, 2.45) is 0 Å². The molecule has 3 aromatic heterocycles. The highest BCUT2D eigenvalue weighted by Gasteiger charge is 2.48. The minimum atomic E-state index is -2.24. The number of hydrogen-bond acceptors (Lipinski definition) is 10. The van der Waals surface area contributed by atoms with Crippen LogP contribution in [0.25, 0.3) is 10.9 Å². The highest BCUT2D eigenvalue weighted by molar-refractivity contribution is 7.12. The van der Waals surface area contributed by atoms with Crippen molar-refractivity contribution in [2.75, 3.05) is 25.5 Å². The number of anilines is 1. The normalized spacial score (nSPS) is 17.0. The van der Waals surface area contributed by atoms with E-state index in [1.807, 2.05) is 66.3 Å². The van der Waals surface area contributed by atoms with E-state index in [2.05, 4.69) is 54.4 Å². The summed E-state index contributed by atoms with van der Waals surface area (Å²) in [7, 11) is -0.214. The number of hydrogen-bond donors (Lipinski definition) is 5. The second-order valence-corrected chi connectivity index (χ2v) is 23.9. The van der Waals surface area contributed by atoms with Crippen LogP contribution in [0.3, 0.4) is 0 Å². The third-order valence-corrected chi connectivity index (χ3v) is 18.5. The third kappa shape index (κ3) is 10.4. The van der Waals surface area contributed by atoms with Crippen LogP contribution in [0.1, 0.15) is 79.9 Å². The summed E-state index contributed by atoms with van der Waals surface area (Å²) in [5, 5.41) is 32.4. The molecule has 0 unspecified atom stereocenters. The Labute approximate surface area is 359 Å². The fourth-order valence-electron chi connectivity index (χ4n) is 7.39. The molecule has 3 heterocycles. The van der Waals surface area contributed by atoms with Crippen molar-refractivity contribution in [3.63, 3.8) is 0 Å². The number of H-pyrrole nitrogens is 1. The molecule has 0 saturated heterocycles. The summed E-state index contributed by atoms with van der Waals surface area (Å²) in [5.74, 6) is -1.13. The Kier molecular flexibility index (Phi) is 14.2. The van der Waals surface area contributed by atoms with Gasteiger partial charge in [0.2, 0.25) is 17.1 Å². The Balaban J connectivity index is 1.01. The van der Waals surface area contributed by atoms with Gasteiger partial charge in [-0.3, -0.25) is 9.59 Å². The molecule has 1 amide bonds. The molecule has 1 fully saturated rings. The van der Waals surface area contributed by atoms with Gasteiger partial charge in [-0.15, -0.1) is 22.7 Å². The maximum absolute atomic E-state index is 13.1. The summed E-state index contributed by atoms with van der Waals surface area (Å²) in [4.78, 5) is 44.3. The van der Waals surface area contributed by atoms with Crippen molar-refractivity contribution in [3.8, 4) is 5.75 Å². The number of nitrogens with one attached hydrogen (secondary N) is 3. The molecule has 6 rings (SSSR count). The van der Waals surface area contributed by atoms with Crippen molar-refractivity contribution in [1.82, 2.24) is 15.2 Å². The van der Waals surface area contributed by atoms with Crippen molar-refractivity contribution < 1.29 is 29.0 Å². The zero-order valence-corrected chi connectivity index (χ0v) is 37.9. The number of fused-ring (bicyclic) bond motifs is 1. The summed E-state index contributed by atoms with van der Waals surface area (Å²) < 4.78 is 13.5. The van der Waals surface area contributed by atoms with Gasteiger partial charge in [0.25, 0.3) is 0 Å². The highest BCUT2D eigenvalue weighted by atomic mass is 35.5. The molecule has 1 atom stereocenters. The number of carbonyl (C=O) groups excluding carboxylic acids is 1. The lowest BCUT2D eigenvalue weighted by molar-refractivity contribution is -0.170. The van der Waals surface area contributed by atoms with Gasteiger partial charge in [-0.2, -0.15) is 0 Å². The molecule has 0 spiro atoms. The quantitative estimate of drug-likeness (QED) is 0.0575. The topological polar surface area (TPSA) is 153 Å². The monoisotopic (exact) mass is 878 g/mol. The van der Waals surface area contributed by atoms with E-state index in [1.54, 1.807) is 12.1 Å². The minimum absolute atomic E-state index is 0.00477. The van der Waals surface area contributed by atoms with Gasteiger partial charge in [-0.25, -0.2) is 4.79 Å². The van der Waals surface area contributed by atoms with Gasteiger partial charge < -0.3 is 39.9 Å². The number of phenolic OH excluding ortho intramolecular Hbond substituents is 1. The maximum atomic E-state index is 13.1. The summed E-state index contributed by atoms with van der Waals surface area (Å²) in [6.07, 6.45) is 2.86. The van der Waals surface area contributed by atoms with E-state index in [0.29, 0.717) is 52.0 Å². The summed E-state index contributed by atoms with van der Waals surface area (Å²) >= 11 is 9.49. The lowest BCUT2D eigenvalue weighted by atomic mass is 9.90. The van der Waals surface area contributed by atoms with Crippen molar-refractivity contribution in [3.05, 3.63) is 114 Å². The van der Waals surface area contributed by atoms with Gasteiger partial charge in [0.1, 0.15) is 5.75 Å². The third-order valence-electron chi connectivity index (χ3n) is 11.8. The SMILES string of the molecule is CN(CCC(=O)Nc1ccc(CNC[C@H](O[Si](C)(C)C(C)(C)C)c2ccc(O)c3[nH]c(=O)ccc23)cc1Cl)[C@H]1CC[C@H](OC(C(=O)O)(c2cccs2)c2cccs2)CC1. The number of carbonyl (C=O) groups is 2. The molecule has 5 aromatic rings. The standard InChI is InChI=1S/C44H55ClN4O7S2Si/c1-43(2,3)59(5,6)56-36(31-16-19-35(50)41-32(31)17-20-39(51)48-41)27-46-26-28-11-18-34(33(45)25-28)47-40(52)21-22-49(4)29-12-14-30(15-13-29)55-44(42(53)54,37-9-7-23-57-37)38-10-8-24-58-38/h7-11,16-20,23-25,29-30,36,46,50H,12-15,21-22,26-27H2,1-6H3,(H,47,52)(H,48,51)(H,53,54)/t29-,30-,36-/m0/s1. The Morgan fingerprint density at radius 3 is 2.27 bits per heavy atom. The molecule has 0 aliphatic heterocycles. The van der Waals surface area contributed by atoms with Crippen LogP contribution in [-0.4, -0.2) is 72.6 Å². The number of phenols is 1. The number of pyridine rings is 1. The Morgan fingerprint density at radius 2 is 1.68 bits per heavy atom. The summed E-state index contributed by atoms with van der Waals surface area (Å²) in [6.45, 7) is 12.5. The molecule has 59 heavy (non-hydrogen) atoms. The van der Waals surface area contributed by atoms with Crippen molar-refractivity contribution >= 4 is 71.1 Å². The highest BCUT2D eigenvalue weighted by Crippen LogP contribution is 2.43. The Bertz CT molecular complexity index is 2230. The molecule has 1 aliphatic carbocycles. The minimum Gasteiger partial charge on any atom is -0.506 e. The van der Waals surface area contributed by atoms with Gasteiger partial charge in [-0.1, -0.05) is 56.6 Å². The van der Waals surface area contributed by atoms with Crippen LogP contribution < -0.4 is 16.2 Å². The maximum Gasteiger partial charge on any atom is 0.347 e. The first-order valence-electron chi connectivity index (χ1n) is 20.0. The van der Waals surface area contributed by atoms with Crippen LogP contribution in [0.4, 0.5) is 5.69 Å². The predicted molar refractivity (Wildman–Crippen MR) is 240 cm³/mol. The van der Waals surface area contributed by atoms with E-state index < -0.39 is 19.9 Å².